The summed E-state index contributed by atoms with van der Waals surface area (Å²) < 4.78 is 15.8. The fraction of sp³-hybridized carbons (Fsp3) is 0.706. The van der Waals surface area contributed by atoms with Crippen LogP contribution in [0.5, 0.6) is 0 Å². The Balaban J connectivity index is 0.00000576. The summed E-state index contributed by atoms with van der Waals surface area (Å²) in [6, 6.07) is 3.61. The highest BCUT2D eigenvalue weighted by Crippen LogP contribution is 2.22. The van der Waals surface area contributed by atoms with Gasteiger partial charge in [0.2, 0.25) is 0 Å². The summed E-state index contributed by atoms with van der Waals surface area (Å²) >= 11 is 0. The van der Waals surface area contributed by atoms with Gasteiger partial charge in [-0.2, -0.15) is 0 Å². The summed E-state index contributed by atoms with van der Waals surface area (Å²) in [5, 5.41) is 16.9. The van der Waals surface area contributed by atoms with Gasteiger partial charge in [-0.05, 0) is 39.3 Å². The Kier molecular flexibility index (Phi) is 12.9. The van der Waals surface area contributed by atoms with Gasteiger partial charge in [0.05, 0.1) is 19.8 Å². The van der Waals surface area contributed by atoms with Gasteiger partial charge in [-0.25, -0.2) is 4.99 Å². The highest BCUT2D eigenvalue weighted by molar-refractivity contribution is 14.0. The van der Waals surface area contributed by atoms with E-state index in [0.29, 0.717) is 31.5 Å². The molecule has 0 fully saturated rings. The molecule has 1 aromatic heterocycles. The molecule has 0 aliphatic heterocycles. The number of aliphatic imine (C=N–C) groups is 1. The Labute approximate surface area is 167 Å². The molecule has 1 aromatic rings. The van der Waals surface area contributed by atoms with Gasteiger partial charge in [0.15, 0.2) is 5.96 Å². The molecule has 0 aliphatic rings. The second-order valence-electron chi connectivity index (χ2n) is 5.76. The zero-order valence-corrected chi connectivity index (χ0v) is 18.0. The third kappa shape index (κ3) is 10.0. The molecule has 1 atom stereocenters. The largest absolute Gasteiger partial charge is 0.463 e. The van der Waals surface area contributed by atoms with Crippen molar-refractivity contribution in [3.8, 4) is 0 Å². The molecule has 0 amide bonds. The Morgan fingerprint density at radius 3 is 2.64 bits per heavy atom. The lowest BCUT2D eigenvalue weighted by molar-refractivity contribution is 0.0428. The number of furan rings is 1. The highest BCUT2D eigenvalue weighted by Gasteiger charge is 2.26. The Hall–Kier alpha value is -0.840. The third-order valence-electron chi connectivity index (χ3n) is 3.35. The molecule has 1 rings (SSSR count). The Morgan fingerprint density at radius 1 is 1.28 bits per heavy atom. The number of guanidine groups is 1. The second-order valence-corrected chi connectivity index (χ2v) is 5.76. The number of rotatable bonds is 11. The maximum Gasteiger partial charge on any atom is 0.191 e. The standard InChI is InChI=1S/C17H31N3O4.HI/c1-5-18-16(19-9-6-10-23-12-11-22-4)20-13-17(3,21)15-8-7-14(2)24-15;/h7-8,21H,5-6,9-13H2,1-4H3,(H2,18,19,20);1H. The molecular weight excluding hydrogens is 437 g/mol. The van der Waals surface area contributed by atoms with Gasteiger partial charge in [0.1, 0.15) is 17.1 Å². The summed E-state index contributed by atoms with van der Waals surface area (Å²) in [5.41, 5.74) is -1.14. The van der Waals surface area contributed by atoms with E-state index >= 15 is 0 Å². The molecule has 0 radical (unpaired) electrons. The van der Waals surface area contributed by atoms with Crippen molar-refractivity contribution in [2.75, 3.05) is 46.6 Å². The van der Waals surface area contributed by atoms with Crippen molar-refractivity contribution in [2.24, 2.45) is 4.99 Å². The van der Waals surface area contributed by atoms with E-state index in [1.54, 1.807) is 20.1 Å². The lowest BCUT2D eigenvalue weighted by Gasteiger charge is -2.19. The van der Waals surface area contributed by atoms with Crippen molar-refractivity contribution in [3.05, 3.63) is 23.7 Å². The average Bonchev–Trinajstić information content (AvgIpc) is 2.99. The van der Waals surface area contributed by atoms with Crippen LogP contribution in [0.4, 0.5) is 0 Å². The number of hydrogen-bond donors (Lipinski definition) is 3. The molecule has 8 heteroatoms. The van der Waals surface area contributed by atoms with Gasteiger partial charge < -0.3 is 29.6 Å². The SMILES string of the molecule is CCNC(=NCC(C)(O)c1ccc(C)o1)NCCCOCCOC.I. The normalized spacial score (nSPS) is 13.9. The highest BCUT2D eigenvalue weighted by atomic mass is 127. The van der Waals surface area contributed by atoms with Gasteiger partial charge in [-0.1, -0.05) is 0 Å². The minimum atomic E-state index is -1.14. The fourth-order valence-corrected chi connectivity index (χ4v) is 2.00. The topological polar surface area (TPSA) is 88.3 Å². The molecule has 0 saturated carbocycles. The molecule has 0 bridgehead atoms. The third-order valence-corrected chi connectivity index (χ3v) is 3.35. The first-order chi connectivity index (χ1) is 11.5. The molecule has 7 nitrogen and oxygen atoms in total. The zero-order valence-electron chi connectivity index (χ0n) is 15.6. The first kappa shape index (κ1) is 24.2. The predicted octanol–water partition coefficient (Wildman–Crippen LogP) is 2.02. The number of hydrogen-bond acceptors (Lipinski definition) is 5. The van der Waals surface area contributed by atoms with Crippen molar-refractivity contribution in [1.29, 1.82) is 0 Å². The molecule has 146 valence electrons. The molecule has 0 aromatic carbocycles. The van der Waals surface area contributed by atoms with E-state index in [9.17, 15) is 5.11 Å². The summed E-state index contributed by atoms with van der Waals surface area (Å²) in [5.74, 6) is 1.96. The smallest absolute Gasteiger partial charge is 0.191 e. The molecule has 0 saturated heterocycles. The number of nitrogens with zero attached hydrogens (tertiary/aromatic N) is 1. The quantitative estimate of drug-likeness (QED) is 0.199. The lowest BCUT2D eigenvalue weighted by atomic mass is 10.0. The van der Waals surface area contributed by atoms with Crippen LogP contribution in [0.3, 0.4) is 0 Å². The maximum absolute atomic E-state index is 10.5. The molecule has 1 unspecified atom stereocenters. The number of nitrogens with one attached hydrogen (secondary N) is 2. The fourth-order valence-electron chi connectivity index (χ4n) is 2.00. The first-order valence-corrected chi connectivity index (χ1v) is 8.37. The number of ether oxygens (including phenoxy) is 2. The van der Waals surface area contributed by atoms with Crippen molar-refractivity contribution < 1.29 is 19.0 Å². The molecule has 25 heavy (non-hydrogen) atoms. The van der Waals surface area contributed by atoms with Crippen LogP contribution >= 0.6 is 24.0 Å². The van der Waals surface area contributed by atoms with E-state index in [0.717, 1.165) is 25.3 Å². The first-order valence-electron chi connectivity index (χ1n) is 8.37. The number of halogens is 1. The van der Waals surface area contributed by atoms with Crippen LogP contribution in [-0.2, 0) is 15.1 Å². The summed E-state index contributed by atoms with van der Waals surface area (Å²) in [6.45, 7) is 9.12. The predicted molar refractivity (Wildman–Crippen MR) is 110 cm³/mol. The summed E-state index contributed by atoms with van der Waals surface area (Å²) in [6.07, 6.45) is 0.863. The van der Waals surface area contributed by atoms with Crippen molar-refractivity contribution in [3.63, 3.8) is 0 Å². The van der Waals surface area contributed by atoms with E-state index < -0.39 is 5.60 Å². The van der Waals surface area contributed by atoms with Crippen molar-refractivity contribution in [2.45, 2.75) is 32.8 Å². The lowest BCUT2D eigenvalue weighted by Crippen LogP contribution is -2.39. The van der Waals surface area contributed by atoms with E-state index in [4.69, 9.17) is 13.9 Å². The minimum Gasteiger partial charge on any atom is -0.463 e. The zero-order chi connectivity index (χ0) is 17.8. The summed E-state index contributed by atoms with van der Waals surface area (Å²) in [4.78, 5) is 4.44. The van der Waals surface area contributed by atoms with Crippen LogP contribution in [0, 0.1) is 6.92 Å². The van der Waals surface area contributed by atoms with Gasteiger partial charge in [0, 0.05) is 26.8 Å². The minimum absolute atomic E-state index is 0. The van der Waals surface area contributed by atoms with Crippen LogP contribution in [0.25, 0.3) is 0 Å². The van der Waals surface area contributed by atoms with Crippen LogP contribution in [0.2, 0.25) is 0 Å². The Morgan fingerprint density at radius 2 is 2.04 bits per heavy atom. The molecular formula is C17H32IN3O4. The van der Waals surface area contributed by atoms with Crippen molar-refractivity contribution >= 4 is 29.9 Å². The van der Waals surface area contributed by atoms with Crippen molar-refractivity contribution in [1.82, 2.24) is 10.6 Å². The van der Waals surface area contributed by atoms with E-state index in [-0.39, 0.29) is 30.5 Å². The number of methoxy groups -OCH3 is 1. The van der Waals surface area contributed by atoms with Crippen LogP contribution in [0.15, 0.2) is 21.5 Å². The Bertz CT molecular complexity index is 492. The van der Waals surface area contributed by atoms with E-state index in [2.05, 4.69) is 15.6 Å². The maximum atomic E-state index is 10.5. The average molecular weight is 469 g/mol. The van der Waals surface area contributed by atoms with Crippen LogP contribution in [-0.4, -0.2) is 57.6 Å². The number of aryl methyl sites for hydroxylation is 1. The molecule has 0 aliphatic carbocycles. The van der Waals surface area contributed by atoms with E-state index in [1.807, 2.05) is 19.9 Å². The van der Waals surface area contributed by atoms with Gasteiger partial charge >= 0.3 is 0 Å². The van der Waals surface area contributed by atoms with Crippen LogP contribution in [0.1, 0.15) is 31.8 Å². The van der Waals surface area contributed by atoms with Crippen LogP contribution < -0.4 is 10.6 Å². The molecule has 0 spiro atoms. The van der Waals surface area contributed by atoms with E-state index in [1.165, 1.54) is 0 Å². The van der Waals surface area contributed by atoms with Gasteiger partial charge in [-0.15, -0.1) is 24.0 Å². The monoisotopic (exact) mass is 469 g/mol. The molecule has 1 heterocycles. The van der Waals surface area contributed by atoms with Gasteiger partial charge in [0.25, 0.3) is 0 Å². The molecule has 3 N–H and O–H groups in total. The van der Waals surface area contributed by atoms with Gasteiger partial charge in [-0.3, -0.25) is 0 Å². The summed E-state index contributed by atoms with van der Waals surface area (Å²) in [7, 11) is 1.66. The number of aliphatic hydroxyl groups is 1. The second kappa shape index (κ2) is 13.4.